The Morgan fingerprint density at radius 1 is 1.06 bits per heavy atom. The molecule has 2 aromatic rings. The highest BCUT2D eigenvalue weighted by Gasteiger charge is 2.23. The van der Waals surface area contributed by atoms with Gasteiger partial charge in [-0.2, -0.15) is 0 Å². The van der Waals surface area contributed by atoms with E-state index in [4.69, 9.17) is 18.9 Å². The fourth-order valence-corrected chi connectivity index (χ4v) is 2.86. The van der Waals surface area contributed by atoms with Crippen LogP contribution in [-0.4, -0.2) is 39.0 Å². The molecule has 0 spiro atoms. The summed E-state index contributed by atoms with van der Waals surface area (Å²) < 4.78 is 34.6. The number of allylic oxidation sites excluding steroid dienone is 3. The van der Waals surface area contributed by atoms with Crippen LogP contribution >= 0.6 is 0 Å². The van der Waals surface area contributed by atoms with Crippen LogP contribution in [0.1, 0.15) is 35.3 Å². The molecular formula is C24H27FO6. The van der Waals surface area contributed by atoms with Crippen molar-refractivity contribution < 1.29 is 33.2 Å². The lowest BCUT2D eigenvalue weighted by Crippen LogP contribution is -2.07. The van der Waals surface area contributed by atoms with Crippen molar-refractivity contribution in [3.63, 3.8) is 0 Å². The number of halogens is 1. The van der Waals surface area contributed by atoms with Crippen LogP contribution in [0.25, 0.3) is 6.08 Å². The van der Waals surface area contributed by atoms with Gasteiger partial charge in [0.2, 0.25) is 0 Å². The zero-order valence-electron chi connectivity index (χ0n) is 18.3. The molecule has 7 heteroatoms. The normalized spacial score (nSPS) is 10.8. The van der Waals surface area contributed by atoms with Crippen molar-refractivity contribution in [3.05, 3.63) is 64.5 Å². The van der Waals surface area contributed by atoms with Crippen molar-refractivity contribution in [2.45, 2.75) is 20.3 Å². The number of carbonyl (C=O) groups excluding carboxylic acids is 1. The van der Waals surface area contributed by atoms with Crippen molar-refractivity contribution in [1.82, 2.24) is 0 Å². The van der Waals surface area contributed by atoms with Crippen LogP contribution in [0.15, 0.2) is 42.0 Å². The van der Waals surface area contributed by atoms with E-state index in [1.54, 1.807) is 12.1 Å². The molecule has 6 nitrogen and oxygen atoms in total. The van der Waals surface area contributed by atoms with Gasteiger partial charge in [-0.05, 0) is 44.0 Å². The SMILES string of the molecule is COCOc1cc(OC)c(C(=O)/C=C/c2ccc(OC)c(F)c2)c(O)c1CC=C(C)C. The second-order valence-corrected chi connectivity index (χ2v) is 6.91. The zero-order chi connectivity index (χ0) is 23.0. The predicted octanol–water partition coefficient (Wildman–Crippen LogP) is 4.94. The van der Waals surface area contributed by atoms with Crippen LogP contribution in [0.4, 0.5) is 4.39 Å². The number of phenols is 1. The lowest BCUT2D eigenvalue weighted by atomic mass is 9.99. The molecule has 0 saturated heterocycles. The van der Waals surface area contributed by atoms with Gasteiger partial charge >= 0.3 is 0 Å². The predicted molar refractivity (Wildman–Crippen MR) is 117 cm³/mol. The number of benzene rings is 2. The number of methoxy groups -OCH3 is 3. The summed E-state index contributed by atoms with van der Waals surface area (Å²) in [5, 5.41) is 10.9. The van der Waals surface area contributed by atoms with E-state index in [0.29, 0.717) is 23.3 Å². The van der Waals surface area contributed by atoms with E-state index < -0.39 is 11.6 Å². The molecule has 0 aliphatic carbocycles. The topological polar surface area (TPSA) is 74.2 Å². The Morgan fingerprint density at radius 2 is 1.77 bits per heavy atom. The Labute approximate surface area is 181 Å². The lowest BCUT2D eigenvalue weighted by molar-refractivity contribution is 0.0502. The van der Waals surface area contributed by atoms with Crippen molar-refractivity contribution in [1.29, 1.82) is 0 Å². The number of carbonyl (C=O) groups is 1. The molecule has 0 aliphatic heterocycles. The minimum Gasteiger partial charge on any atom is -0.507 e. The standard InChI is InChI=1S/C24H27FO6/c1-15(2)6-9-17-21(31-14-28-3)13-22(30-5)23(24(17)27)19(26)10-7-16-8-11-20(29-4)18(25)12-16/h6-8,10-13,27H,9,14H2,1-5H3/b10-7+. The molecular weight excluding hydrogens is 403 g/mol. The fraction of sp³-hybridized carbons (Fsp3) is 0.292. The monoisotopic (exact) mass is 430 g/mol. The van der Waals surface area contributed by atoms with Gasteiger partial charge in [0.05, 0.1) is 14.2 Å². The number of aromatic hydroxyl groups is 1. The third-order valence-electron chi connectivity index (χ3n) is 4.44. The first-order valence-corrected chi connectivity index (χ1v) is 9.56. The van der Waals surface area contributed by atoms with E-state index in [9.17, 15) is 14.3 Å². The van der Waals surface area contributed by atoms with Crippen molar-refractivity contribution in [2.24, 2.45) is 0 Å². The van der Waals surface area contributed by atoms with Crippen LogP contribution in [0.2, 0.25) is 0 Å². The maximum Gasteiger partial charge on any atom is 0.193 e. The Bertz CT molecular complexity index is 990. The lowest BCUT2D eigenvalue weighted by Gasteiger charge is -2.17. The molecule has 2 aromatic carbocycles. The molecule has 0 fully saturated rings. The van der Waals surface area contributed by atoms with E-state index in [0.717, 1.165) is 5.57 Å². The number of ketones is 1. The molecule has 0 amide bonds. The maximum absolute atomic E-state index is 13.9. The highest BCUT2D eigenvalue weighted by molar-refractivity contribution is 6.11. The van der Waals surface area contributed by atoms with E-state index in [2.05, 4.69) is 0 Å². The molecule has 0 radical (unpaired) electrons. The molecule has 2 rings (SSSR count). The van der Waals surface area contributed by atoms with Gasteiger partial charge in [0.1, 0.15) is 22.8 Å². The smallest absolute Gasteiger partial charge is 0.193 e. The van der Waals surface area contributed by atoms with Gasteiger partial charge in [-0.1, -0.05) is 23.8 Å². The van der Waals surface area contributed by atoms with E-state index >= 15 is 0 Å². The van der Waals surface area contributed by atoms with Crippen LogP contribution in [0.5, 0.6) is 23.0 Å². The minimum absolute atomic E-state index is 0.00495. The van der Waals surface area contributed by atoms with Gasteiger partial charge in [0.15, 0.2) is 24.1 Å². The second kappa shape index (κ2) is 11.2. The molecule has 0 aromatic heterocycles. The number of ether oxygens (including phenoxy) is 4. The summed E-state index contributed by atoms with van der Waals surface area (Å²) in [7, 11) is 4.25. The first kappa shape index (κ1) is 24.0. The fourth-order valence-electron chi connectivity index (χ4n) is 2.86. The summed E-state index contributed by atoms with van der Waals surface area (Å²) in [6.45, 7) is 3.83. The Kier molecular flexibility index (Phi) is 8.63. The first-order chi connectivity index (χ1) is 14.8. The number of rotatable bonds is 10. The quantitative estimate of drug-likeness (QED) is 0.249. The third-order valence-corrected chi connectivity index (χ3v) is 4.44. The van der Waals surface area contributed by atoms with E-state index in [-0.39, 0.29) is 29.6 Å². The van der Waals surface area contributed by atoms with E-state index in [1.165, 1.54) is 45.6 Å². The van der Waals surface area contributed by atoms with Crippen LogP contribution < -0.4 is 14.2 Å². The summed E-state index contributed by atoms with van der Waals surface area (Å²) in [6.07, 6.45) is 4.96. The maximum atomic E-state index is 13.9. The number of hydrogen-bond donors (Lipinski definition) is 1. The van der Waals surface area contributed by atoms with Crippen LogP contribution in [0, 0.1) is 5.82 Å². The largest absolute Gasteiger partial charge is 0.507 e. The highest BCUT2D eigenvalue weighted by atomic mass is 19.1. The molecule has 0 aliphatic rings. The summed E-state index contributed by atoms with van der Waals surface area (Å²) in [5.74, 6) is -0.660. The third kappa shape index (κ3) is 6.08. The van der Waals surface area contributed by atoms with Gasteiger partial charge in [-0.3, -0.25) is 4.79 Å². The summed E-state index contributed by atoms with van der Waals surface area (Å²) in [5.41, 5.74) is 1.94. The second-order valence-electron chi connectivity index (χ2n) is 6.91. The molecule has 31 heavy (non-hydrogen) atoms. The van der Waals surface area contributed by atoms with Gasteiger partial charge in [-0.25, -0.2) is 4.39 Å². The summed E-state index contributed by atoms with van der Waals surface area (Å²) >= 11 is 0. The Morgan fingerprint density at radius 3 is 2.35 bits per heavy atom. The highest BCUT2D eigenvalue weighted by Crippen LogP contribution is 2.40. The van der Waals surface area contributed by atoms with Crippen molar-refractivity contribution >= 4 is 11.9 Å². The minimum atomic E-state index is -0.541. The van der Waals surface area contributed by atoms with Gasteiger partial charge in [0.25, 0.3) is 0 Å². The van der Waals surface area contributed by atoms with Crippen LogP contribution in [0.3, 0.4) is 0 Å². The van der Waals surface area contributed by atoms with Gasteiger partial charge in [0, 0.05) is 18.7 Å². The Hall–Kier alpha value is -3.32. The van der Waals surface area contributed by atoms with Crippen LogP contribution in [-0.2, 0) is 11.2 Å². The molecule has 0 heterocycles. The van der Waals surface area contributed by atoms with E-state index in [1.807, 2.05) is 19.9 Å². The Balaban J connectivity index is 2.47. The average molecular weight is 430 g/mol. The molecule has 0 unspecified atom stereocenters. The molecule has 0 saturated carbocycles. The van der Waals surface area contributed by atoms with Crippen molar-refractivity contribution in [2.75, 3.05) is 28.1 Å². The molecule has 166 valence electrons. The zero-order valence-corrected chi connectivity index (χ0v) is 18.3. The van der Waals surface area contributed by atoms with Gasteiger partial charge in [-0.15, -0.1) is 0 Å². The average Bonchev–Trinajstić information content (AvgIpc) is 2.74. The first-order valence-electron chi connectivity index (χ1n) is 9.56. The summed E-state index contributed by atoms with van der Waals surface area (Å²) in [4.78, 5) is 12.9. The number of hydrogen-bond acceptors (Lipinski definition) is 6. The summed E-state index contributed by atoms with van der Waals surface area (Å²) in [6, 6.07) is 5.88. The molecule has 1 N–H and O–H groups in total. The number of phenolic OH excluding ortho intramolecular Hbond substituents is 1. The van der Waals surface area contributed by atoms with Gasteiger partial charge < -0.3 is 24.1 Å². The van der Waals surface area contributed by atoms with Crippen molar-refractivity contribution in [3.8, 4) is 23.0 Å². The molecule has 0 bridgehead atoms. The molecule has 0 atom stereocenters.